The third-order valence-corrected chi connectivity index (χ3v) is 2.58. The highest BCUT2D eigenvalue weighted by molar-refractivity contribution is 5.67. The Morgan fingerprint density at radius 3 is 2.58 bits per heavy atom. The van der Waals surface area contributed by atoms with Crippen LogP contribution in [0.3, 0.4) is 0 Å². The molecule has 1 aliphatic rings. The molecule has 70 valence electrons. The van der Waals surface area contributed by atoms with Crippen molar-refractivity contribution in [3.63, 3.8) is 0 Å². The first-order valence-corrected chi connectivity index (χ1v) is 4.58. The Labute approximate surface area is 73.4 Å². The smallest absolute Gasteiger partial charge is 0.304 e. The molecule has 0 radical (unpaired) electrons. The van der Waals surface area contributed by atoms with Gasteiger partial charge < -0.3 is 5.11 Å². The number of rotatable bonds is 5. The predicted octanol–water partition coefficient (Wildman–Crippen LogP) is 1.33. The van der Waals surface area contributed by atoms with Crippen LogP contribution in [0, 0.1) is 0 Å². The maximum absolute atomic E-state index is 10.5. The molecule has 0 spiro atoms. The van der Waals surface area contributed by atoms with Crippen LogP contribution in [0.4, 0.5) is 0 Å². The van der Waals surface area contributed by atoms with E-state index < -0.39 is 5.97 Å². The first-order valence-electron chi connectivity index (χ1n) is 4.58. The third kappa shape index (κ3) is 2.48. The standard InChI is InChI=1S/C9H17NO2/c1-3-7(6-9(11)12)10(2)8-4-5-8/h7-8H,3-6H2,1-2H3,(H,11,12). The van der Waals surface area contributed by atoms with E-state index in [0.717, 1.165) is 6.42 Å². The lowest BCUT2D eigenvalue weighted by Crippen LogP contribution is -2.34. The molecule has 0 aliphatic heterocycles. The van der Waals surface area contributed by atoms with Gasteiger partial charge in [0.1, 0.15) is 0 Å². The fourth-order valence-corrected chi connectivity index (χ4v) is 1.56. The summed E-state index contributed by atoms with van der Waals surface area (Å²) in [4.78, 5) is 12.7. The second-order valence-electron chi connectivity index (χ2n) is 3.56. The molecule has 3 heteroatoms. The average molecular weight is 171 g/mol. The number of nitrogens with zero attached hydrogens (tertiary/aromatic N) is 1. The Bertz CT molecular complexity index is 166. The quantitative estimate of drug-likeness (QED) is 0.678. The number of hydrogen-bond donors (Lipinski definition) is 1. The molecule has 1 saturated carbocycles. The second kappa shape index (κ2) is 3.90. The number of aliphatic carboxylic acids is 1. The van der Waals surface area contributed by atoms with Crippen LogP contribution in [0.15, 0.2) is 0 Å². The Hall–Kier alpha value is -0.570. The van der Waals surface area contributed by atoms with Gasteiger partial charge >= 0.3 is 5.97 Å². The maximum atomic E-state index is 10.5. The molecule has 12 heavy (non-hydrogen) atoms. The fourth-order valence-electron chi connectivity index (χ4n) is 1.56. The highest BCUT2D eigenvalue weighted by Crippen LogP contribution is 2.28. The van der Waals surface area contributed by atoms with E-state index in [1.807, 2.05) is 14.0 Å². The largest absolute Gasteiger partial charge is 0.481 e. The summed E-state index contributed by atoms with van der Waals surface area (Å²) in [6.07, 6.45) is 3.70. The molecule has 1 unspecified atom stereocenters. The Morgan fingerprint density at radius 1 is 1.67 bits per heavy atom. The van der Waals surface area contributed by atoms with Crippen LogP contribution in [0.1, 0.15) is 32.6 Å². The summed E-state index contributed by atoms with van der Waals surface area (Å²) in [5, 5.41) is 8.64. The van der Waals surface area contributed by atoms with Crippen LogP contribution < -0.4 is 0 Å². The Morgan fingerprint density at radius 2 is 2.25 bits per heavy atom. The van der Waals surface area contributed by atoms with E-state index >= 15 is 0 Å². The molecule has 0 saturated heterocycles. The van der Waals surface area contributed by atoms with Gasteiger partial charge in [0, 0.05) is 12.1 Å². The molecule has 3 nitrogen and oxygen atoms in total. The van der Waals surface area contributed by atoms with Crippen LogP contribution >= 0.6 is 0 Å². The predicted molar refractivity (Wildman–Crippen MR) is 47.1 cm³/mol. The Kier molecular flexibility index (Phi) is 3.09. The van der Waals surface area contributed by atoms with Crippen molar-refractivity contribution >= 4 is 5.97 Å². The summed E-state index contributed by atoms with van der Waals surface area (Å²) in [5.41, 5.74) is 0. The minimum absolute atomic E-state index is 0.231. The van der Waals surface area contributed by atoms with Crippen LogP contribution in [-0.2, 0) is 4.79 Å². The van der Waals surface area contributed by atoms with Gasteiger partial charge in [0.2, 0.25) is 0 Å². The lowest BCUT2D eigenvalue weighted by atomic mass is 10.1. The van der Waals surface area contributed by atoms with Gasteiger partial charge in [-0.05, 0) is 26.3 Å². The number of carbonyl (C=O) groups is 1. The second-order valence-corrected chi connectivity index (χ2v) is 3.56. The van der Waals surface area contributed by atoms with Crippen molar-refractivity contribution in [1.82, 2.24) is 4.90 Å². The van der Waals surface area contributed by atoms with Crippen molar-refractivity contribution in [3.8, 4) is 0 Å². The number of carboxylic acid groups (broad SMARTS) is 1. The van der Waals surface area contributed by atoms with E-state index in [1.54, 1.807) is 0 Å². The zero-order valence-electron chi connectivity index (χ0n) is 7.79. The van der Waals surface area contributed by atoms with Gasteiger partial charge in [0.05, 0.1) is 6.42 Å². The molecular weight excluding hydrogens is 154 g/mol. The normalized spacial score (nSPS) is 19.6. The van der Waals surface area contributed by atoms with E-state index in [-0.39, 0.29) is 12.5 Å². The summed E-state index contributed by atoms with van der Waals surface area (Å²) >= 11 is 0. The highest BCUT2D eigenvalue weighted by atomic mass is 16.4. The summed E-state index contributed by atoms with van der Waals surface area (Å²) in [5.74, 6) is -0.686. The van der Waals surface area contributed by atoms with E-state index in [9.17, 15) is 4.79 Å². The SMILES string of the molecule is CCC(CC(=O)O)N(C)C1CC1. The molecule has 1 aliphatic carbocycles. The topological polar surface area (TPSA) is 40.5 Å². The van der Waals surface area contributed by atoms with Crippen molar-refractivity contribution in [2.24, 2.45) is 0 Å². The van der Waals surface area contributed by atoms with Gasteiger partial charge in [-0.15, -0.1) is 0 Å². The molecule has 1 atom stereocenters. The van der Waals surface area contributed by atoms with E-state index in [4.69, 9.17) is 5.11 Å². The molecule has 0 aromatic carbocycles. The van der Waals surface area contributed by atoms with Gasteiger partial charge in [-0.1, -0.05) is 6.92 Å². The zero-order valence-corrected chi connectivity index (χ0v) is 7.79. The lowest BCUT2D eigenvalue weighted by molar-refractivity contribution is -0.138. The molecular formula is C9H17NO2. The van der Waals surface area contributed by atoms with Gasteiger partial charge in [-0.2, -0.15) is 0 Å². The maximum Gasteiger partial charge on any atom is 0.304 e. The van der Waals surface area contributed by atoms with E-state index in [0.29, 0.717) is 6.04 Å². The fraction of sp³-hybridized carbons (Fsp3) is 0.889. The van der Waals surface area contributed by atoms with Crippen LogP contribution in [0.2, 0.25) is 0 Å². The molecule has 1 rings (SSSR count). The first kappa shape index (κ1) is 9.52. The van der Waals surface area contributed by atoms with Crippen LogP contribution in [-0.4, -0.2) is 35.1 Å². The first-order chi connectivity index (χ1) is 5.65. The summed E-state index contributed by atoms with van der Waals surface area (Å²) in [6, 6.07) is 0.893. The molecule has 0 aromatic heterocycles. The minimum atomic E-state index is -0.686. The van der Waals surface area contributed by atoms with Crippen molar-refractivity contribution in [3.05, 3.63) is 0 Å². The lowest BCUT2D eigenvalue weighted by Gasteiger charge is -2.25. The number of hydrogen-bond acceptors (Lipinski definition) is 2. The van der Waals surface area contributed by atoms with Crippen molar-refractivity contribution in [1.29, 1.82) is 0 Å². The third-order valence-electron chi connectivity index (χ3n) is 2.58. The molecule has 1 fully saturated rings. The monoisotopic (exact) mass is 171 g/mol. The van der Waals surface area contributed by atoms with Crippen LogP contribution in [0.25, 0.3) is 0 Å². The summed E-state index contributed by atoms with van der Waals surface area (Å²) < 4.78 is 0. The molecule has 0 aromatic rings. The van der Waals surface area contributed by atoms with Crippen LogP contribution in [0.5, 0.6) is 0 Å². The summed E-state index contributed by atoms with van der Waals surface area (Å²) in [7, 11) is 2.04. The van der Waals surface area contributed by atoms with Gasteiger partial charge in [-0.3, -0.25) is 9.69 Å². The van der Waals surface area contributed by atoms with E-state index in [2.05, 4.69) is 4.90 Å². The van der Waals surface area contributed by atoms with Gasteiger partial charge in [0.15, 0.2) is 0 Å². The Balaban J connectivity index is 2.36. The zero-order chi connectivity index (χ0) is 9.14. The average Bonchev–Trinajstić information content (AvgIpc) is 2.80. The van der Waals surface area contributed by atoms with E-state index in [1.165, 1.54) is 12.8 Å². The molecule has 0 bridgehead atoms. The highest BCUT2D eigenvalue weighted by Gasteiger charge is 2.30. The summed E-state index contributed by atoms with van der Waals surface area (Å²) in [6.45, 7) is 2.05. The number of carboxylic acids is 1. The van der Waals surface area contributed by atoms with Gasteiger partial charge in [0.25, 0.3) is 0 Å². The molecule has 1 N–H and O–H groups in total. The molecule has 0 amide bonds. The van der Waals surface area contributed by atoms with Gasteiger partial charge in [-0.25, -0.2) is 0 Å². The minimum Gasteiger partial charge on any atom is -0.481 e. The van der Waals surface area contributed by atoms with Crippen molar-refractivity contribution < 1.29 is 9.90 Å². The molecule has 0 heterocycles. The van der Waals surface area contributed by atoms with Crippen molar-refractivity contribution in [2.45, 2.75) is 44.7 Å². The van der Waals surface area contributed by atoms with Crippen molar-refractivity contribution in [2.75, 3.05) is 7.05 Å².